The molecule has 0 saturated carbocycles. The highest BCUT2D eigenvalue weighted by Crippen LogP contribution is 2.65. The van der Waals surface area contributed by atoms with E-state index in [2.05, 4.69) is 191 Å². The fourth-order valence-electron chi connectivity index (χ4n) is 9.90. The first kappa shape index (κ1) is 27.2. The van der Waals surface area contributed by atoms with Crippen molar-refractivity contribution in [3.8, 4) is 33.6 Å². The summed E-state index contributed by atoms with van der Waals surface area (Å²) >= 11 is 0. The fourth-order valence-corrected chi connectivity index (χ4v) is 9.90. The van der Waals surface area contributed by atoms with Crippen molar-refractivity contribution in [3.05, 3.63) is 204 Å². The topological polar surface area (TPSA) is 9.86 Å². The lowest BCUT2D eigenvalue weighted by Crippen LogP contribution is -2.25. The van der Waals surface area contributed by atoms with Gasteiger partial charge in [-0.05, 0) is 69.8 Å². The third-order valence-electron chi connectivity index (χ3n) is 11.7. The van der Waals surface area contributed by atoms with Crippen LogP contribution in [-0.4, -0.2) is 9.13 Å². The molecule has 236 valence electrons. The summed E-state index contributed by atoms with van der Waals surface area (Å²) in [5.74, 6) is 0. The molecule has 1 spiro atoms. The summed E-state index contributed by atoms with van der Waals surface area (Å²) in [7, 11) is 0. The molecule has 0 bridgehead atoms. The molecule has 8 aromatic carbocycles. The molecule has 2 nitrogen and oxygen atoms in total. The average molecular weight is 647 g/mol. The van der Waals surface area contributed by atoms with Gasteiger partial charge in [0.05, 0.1) is 27.5 Å². The first-order valence-corrected chi connectivity index (χ1v) is 17.8. The van der Waals surface area contributed by atoms with E-state index < -0.39 is 5.41 Å². The van der Waals surface area contributed by atoms with Crippen LogP contribution in [0.1, 0.15) is 22.3 Å². The van der Waals surface area contributed by atoms with Gasteiger partial charge in [0.2, 0.25) is 0 Å². The quantitative estimate of drug-likeness (QED) is 0.177. The summed E-state index contributed by atoms with van der Waals surface area (Å²) in [6.45, 7) is 0. The van der Waals surface area contributed by atoms with E-state index in [0.717, 1.165) is 0 Å². The molecule has 12 rings (SSSR count). The van der Waals surface area contributed by atoms with Gasteiger partial charge in [0, 0.05) is 44.0 Å². The Morgan fingerprint density at radius 2 is 0.686 bits per heavy atom. The van der Waals surface area contributed by atoms with Crippen LogP contribution in [0.5, 0.6) is 0 Å². The molecule has 2 aromatic heterocycles. The number of benzene rings is 8. The van der Waals surface area contributed by atoms with Gasteiger partial charge in [-0.15, -0.1) is 0 Å². The number of fused-ring (bicyclic) bond motifs is 18. The summed E-state index contributed by atoms with van der Waals surface area (Å²) in [4.78, 5) is 0. The summed E-state index contributed by atoms with van der Waals surface area (Å²) in [6.07, 6.45) is 0. The second kappa shape index (κ2) is 9.74. The number of para-hydroxylation sites is 4. The van der Waals surface area contributed by atoms with Gasteiger partial charge in [-0.25, -0.2) is 0 Å². The molecule has 0 N–H and O–H groups in total. The molecule has 2 heterocycles. The average Bonchev–Trinajstić information content (AvgIpc) is 3.90. The van der Waals surface area contributed by atoms with Crippen LogP contribution in [0.15, 0.2) is 182 Å². The van der Waals surface area contributed by atoms with Crippen LogP contribution in [0.25, 0.3) is 77.2 Å². The summed E-state index contributed by atoms with van der Waals surface area (Å²) < 4.78 is 5.04. The largest absolute Gasteiger partial charge is 0.309 e. The summed E-state index contributed by atoms with van der Waals surface area (Å²) in [5, 5.41) is 5.08. The zero-order valence-electron chi connectivity index (χ0n) is 27.7. The smallest absolute Gasteiger partial charge is 0.0727 e. The molecule has 2 heteroatoms. The highest BCUT2D eigenvalue weighted by Gasteiger charge is 2.53. The van der Waals surface area contributed by atoms with Crippen molar-refractivity contribution in [1.82, 2.24) is 9.13 Å². The van der Waals surface area contributed by atoms with Gasteiger partial charge in [0.25, 0.3) is 0 Å². The fraction of sp³-hybridized carbons (Fsp3) is 0.0204. The lowest BCUT2D eigenvalue weighted by Gasteiger charge is -2.30. The predicted molar refractivity (Wildman–Crippen MR) is 211 cm³/mol. The van der Waals surface area contributed by atoms with E-state index in [1.807, 2.05) is 0 Å². The van der Waals surface area contributed by atoms with E-state index >= 15 is 0 Å². The molecule has 0 atom stereocenters. The lowest BCUT2D eigenvalue weighted by molar-refractivity contribution is 0.795. The zero-order valence-corrected chi connectivity index (χ0v) is 27.7. The Morgan fingerprint density at radius 1 is 0.294 bits per heavy atom. The molecule has 0 unspecified atom stereocenters. The summed E-state index contributed by atoms with van der Waals surface area (Å²) in [6, 6.07) is 67.6. The molecule has 51 heavy (non-hydrogen) atoms. The highest BCUT2D eigenvalue weighted by atomic mass is 15.0. The number of hydrogen-bond donors (Lipinski definition) is 0. The van der Waals surface area contributed by atoms with Gasteiger partial charge >= 0.3 is 0 Å². The van der Waals surface area contributed by atoms with Crippen molar-refractivity contribution in [2.75, 3.05) is 0 Å². The Hall–Kier alpha value is -6.64. The van der Waals surface area contributed by atoms with E-state index in [0.29, 0.717) is 0 Å². The maximum Gasteiger partial charge on any atom is 0.0727 e. The molecule has 2 aliphatic rings. The van der Waals surface area contributed by atoms with E-state index in [9.17, 15) is 0 Å². The molecule has 10 aromatic rings. The van der Waals surface area contributed by atoms with Gasteiger partial charge < -0.3 is 9.13 Å². The van der Waals surface area contributed by atoms with Crippen LogP contribution in [0, 0.1) is 0 Å². The third kappa shape index (κ3) is 3.24. The maximum absolute atomic E-state index is 2.52. The lowest BCUT2D eigenvalue weighted by atomic mass is 9.70. The highest BCUT2D eigenvalue weighted by molar-refractivity contribution is 6.22. The van der Waals surface area contributed by atoms with Crippen LogP contribution in [0.4, 0.5) is 0 Å². The third-order valence-corrected chi connectivity index (χ3v) is 11.7. The first-order valence-electron chi connectivity index (χ1n) is 17.8. The van der Waals surface area contributed by atoms with Gasteiger partial charge in [0.15, 0.2) is 0 Å². The molecule has 0 saturated heterocycles. The van der Waals surface area contributed by atoms with Crippen molar-refractivity contribution in [1.29, 1.82) is 0 Å². The van der Waals surface area contributed by atoms with Crippen molar-refractivity contribution >= 4 is 43.6 Å². The molecule has 0 amide bonds. The van der Waals surface area contributed by atoms with E-state index in [4.69, 9.17) is 0 Å². The minimum atomic E-state index is -0.476. The molecule has 0 fully saturated rings. The van der Waals surface area contributed by atoms with E-state index in [1.54, 1.807) is 0 Å². The minimum absolute atomic E-state index is 0.476. The zero-order chi connectivity index (χ0) is 33.3. The van der Waals surface area contributed by atoms with Crippen LogP contribution in [-0.2, 0) is 5.41 Å². The molecule has 0 aliphatic heterocycles. The van der Waals surface area contributed by atoms with Crippen molar-refractivity contribution < 1.29 is 0 Å². The van der Waals surface area contributed by atoms with Gasteiger partial charge in [-0.2, -0.15) is 0 Å². The minimum Gasteiger partial charge on any atom is -0.309 e. The van der Waals surface area contributed by atoms with Gasteiger partial charge in [-0.3, -0.25) is 0 Å². The van der Waals surface area contributed by atoms with Crippen molar-refractivity contribution in [2.45, 2.75) is 5.41 Å². The maximum atomic E-state index is 2.52. The van der Waals surface area contributed by atoms with Gasteiger partial charge in [-0.1, -0.05) is 146 Å². The predicted octanol–water partition coefficient (Wildman–Crippen LogP) is 12.2. The Labute approximate surface area is 295 Å². The van der Waals surface area contributed by atoms with E-state index in [-0.39, 0.29) is 0 Å². The Kier molecular flexibility index (Phi) is 5.20. The number of nitrogens with zero attached hydrogens (tertiary/aromatic N) is 2. The standard InChI is InChI=1S/C49H30N2/c1-3-15-31(16-4-1)50-43-25-13-9-21-35(43)37-27-29-41-45(47(37)50)46-42(49(41)39-23-11-7-19-33(39)34-20-8-12-24-40(34)49)30-28-38-36-22-10-14-26-44(36)51(48(38)46)32-17-5-2-6-18-32/h1-30H. The summed E-state index contributed by atoms with van der Waals surface area (Å²) in [5.41, 5.74) is 17.5. The Bertz CT molecular complexity index is 2860. The first-order chi connectivity index (χ1) is 25.4. The van der Waals surface area contributed by atoms with E-state index in [1.165, 1.54) is 99.5 Å². The molecular weight excluding hydrogens is 617 g/mol. The second-order valence-corrected chi connectivity index (χ2v) is 14.0. The van der Waals surface area contributed by atoms with Crippen molar-refractivity contribution in [3.63, 3.8) is 0 Å². The molecular formula is C49H30N2. The Balaban J connectivity index is 1.39. The number of aromatic nitrogens is 2. The molecule has 2 aliphatic carbocycles. The SMILES string of the molecule is c1ccc(-n2c3ccccc3c3ccc4c(c32)-c2c(ccc3c5ccccc5n(-c5ccccc5)c23)C42c3ccccc3-c3ccccc32)cc1. The number of rotatable bonds is 2. The number of hydrogen-bond acceptors (Lipinski definition) is 0. The van der Waals surface area contributed by atoms with Crippen LogP contribution >= 0.6 is 0 Å². The normalized spacial score (nSPS) is 13.6. The van der Waals surface area contributed by atoms with Crippen LogP contribution < -0.4 is 0 Å². The second-order valence-electron chi connectivity index (χ2n) is 14.0. The molecule has 0 radical (unpaired) electrons. The van der Waals surface area contributed by atoms with Crippen molar-refractivity contribution in [2.24, 2.45) is 0 Å². The van der Waals surface area contributed by atoms with Crippen LogP contribution in [0.2, 0.25) is 0 Å². The van der Waals surface area contributed by atoms with Gasteiger partial charge in [0.1, 0.15) is 0 Å². The van der Waals surface area contributed by atoms with Crippen LogP contribution in [0.3, 0.4) is 0 Å². The monoisotopic (exact) mass is 646 g/mol. The Morgan fingerprint density at radius 3 is 1.16 bits per heavy atom.